The van der Waals surface area contributed by atoms with Gasteiger partial charge in [0.05, 0.1) is 6.61 Å². The molecule has 0 unspecified atom stereocenters. The number of thioether (sulfide) groups is 1. The standard InChI is InChI=1S/C30H26Cl2F2N2O6S3.H2O/c31-21-14-35-15-22(32)20(21)13-24(18-7-8-23(42-30(33)34)25(11-18)40-16-17-5-6-17)41-29(37)28-36(9-10-43-28)45(38,39)27-12-19-3-1-2-4-26(19)44-27;/h1-4,7-8,11-12,14-15,17,24,28,30H,5-6,9-10,13,16H2;1H2/t24-,28-;/m0./s1. The first-order valence-corrected chi connectivity index (χ1v) is 18.0. The zero-order valence-electron chi connectivity index (χ0n) is 23.9. The van der Waals surface area contributed by atoms with Crippen molar-refractivity contribution < 1.29 is 46.7 Å². The Morgan fingerprint density at radius 1 is 1.07 bits per heavy atom. The van der Waals surface area contributed by atoms with Gasteiger partial charge in [-0.1, -0.05) is 47.5 Å². The maximum absolute atomic E-state index is 13.8. The third-order valence-corrected chi connectivity index (χ3v) is 12.8. The van der Waals surface area contributed by atoms with Crippen molar-refractivity contribution in [2.75, 3.05) is 18.9 Å². The highest BCUT2D eigenvalue weighted by Crippen LogP contribution is 2.40. The highest BCUT2D eigenvalue weighted by Gasteiger charge is 2.43. The summed E-state index contributed by atoms with van der Waals surface area (Å²) in [5.41, 5.74) is 0.870. The van der Waals surface area contributed by atoms with Crippen LogP contribution in [0.2, 0.25) is 10.0 Å². The van der Waals surface area contributed by atoms with Crippen molar-refractivity contribution in [3.05, 3.63) is 82.1 Å². The molecular weight excluding hydrogens is 705 g/mol. The second-order valence-electron chi connectivity index (χ2n) is 10.5. The molecule has 2 aromatic carbocycles. The minimum Gasteiger partial charge on any atom is -0.870 e. The van der Waals surface area contributed by atoms with Crippen molar-refractivity contribution >= 4 is 72.4 Å². The van der Waals surface area contributed by atoms with Gasteiger partial charge in [0.25, 0.3) is 10.0 Å². The summed E-state index contributed by atoms with van der Waals surface area (Å²) >= 11 is 15.2. The Morgan fingerprint density at radius 2 is 1.80 bits per heavy atom. The smallest absolute Gasteiger partial charge is 0.387 e. The number of nitrogens with zero attached hydrogens (tertiary/aromatic N) is 1. The molecular formula is C30H28Cl2F2N2O7S3. The van der Waals surface area contributed by atoms with Gasteiger partial charge in [-0.3, -0.25) is 0 Å². The van der Waals surface area contributed by atoms with Crippen LogP contribution in [-0.4, -0.2) is 55.1 Å². The summed E-state index contributed by atoms with van der Waals surface area (Å²) in [5.74, 6) is -0.150. The van der Waals surface area contributed by atoms with E-state index in [1.807, 2.05) is 24.3 Å². The molecule has 0 spiro atoms. The van der Waals surface area contributed by atoms with E-state index in [4.69, 9.17) is 32.7 Å². The molecule has 9 nitrogen and oxygen atoms in total. The lowest BCUT2D eigenvalue weighted by molar-refractivity contribution is -0.377. The predicted molar refractivity (Wildman–Crippen MR) is 171 cm³/mol. The number of aromatic nitrogens is 1. The number of H-pyrrole nitrogens is 1. The van der Waals surface area contributed by atoms with Crippen LogP contribution in [0, 0.1) is 5.92 Å². The number of hydrogen-bond donors (Lipinski definition) is 0. The number of alkyl halides is 2. The monoisotopic (exact) mass is 732 g/mol. The van der Waals surface area contributed by atoms with Crippen molar-refractivity contribution in [1.29, 1.82) is 0 Å². The van der Waals surface area contributed by atoms with Crippen LogP contribution in [0.5, 0.6) is 11.5 Å². The van der Waals surface area contributed by atoms with Crippen LogP contribution in [-0.2, 0) is 26.0 Å². The van der Waals surface area contributed by atoms with E-state index in [-0.39, 0.29) is 44.2 Å². The number of halogens is 4. The van der Waals surface area contributed by atoms with Gasteiger partial charge in [-0.2, -0.15) is 13.1 Å². The van der Waals surface area contributed by atoms with Crippen LogP contribution in [0.4, 0.5) is 8.78 Å². The minimum atomic E-state index is -4.02. The molecule has 246 valence electrons. The van der Waals surface area contributed by atoms with Crippen LogP contribution in [0.3, 0.4) is 0 Å². The van der Waals surface area contributed by atoms with Crippen LogP contribution in [0.1, 0.15) is 30.1 Å². The summed E-state index contributed by atoms with van der Waals surface area (Å²) in [6, 6.07) is 13.2. The highest BCUT2D eigenvalue weighted by molar-refractivity contribution is 8.02. The molecule has 2 aliphatic rings. The zero-order chi connectivity index (χ0) is 31.7. The molecule has 4 aromatic rings. The van der Waals surface area contributed by atoms with Crippen LogP contribution in [0.25, 0.3) is 10.1 Å². The van der Waals surface area contributed by atoms with Gasteiger partial charge in [-0.25, -0.2) is 18.2 Å². The molecule has 1 aliphatic carbocycles. The Balaban J connectivity index is 0.00000417. The second-order valence-corrected chi connectivity index (χ2v) is 15.7. The third-order valence-electron chi connectivity index (χ3n) is 7.39. The summed E-state index contributed by atoms with van der Waals surface area (Å²) < 4.78 is 72.5. The van der Waals surface area contributed by atoms with Crippen LogP contribution >= 0.6 is 46.3 Å². The lowest BCUT2D eigenvalue weighted by Gasteiger charge is -2.25. The van der Waals surface area contributed by atoms with Gasteiger partial charge in [0, 0.05) is 29.0 Å². The number of pyridine rings is 1. The van der Waals surface area contributed by atoms with E-state index in [0.29, 0.717) is 29.4 Å². The van der Waals surface area contributed by atoms with Crippen LogP contribution < -0.4 is 14.5 Å². The summed E-state index contributed by atoms with van der Waals surface area (Å²) in [6.07, 6.45) is 3.99. The van der Waals surface area contributed by atoms with Gasteiger partial charge in [0.2, 0.25) is 0 Å². The molecule has 6 rings (SSSR count). The van der Waals surface area contributed by atoms with Crippen molar-refractivity contribution in [1.82, 2.24) is 4.31 Å². The number of aromatic amines is 1. The van der Waals surface area contributed by atoms with Gasteiger partial charge in [-0.15, -0.1) is 23.1 Å². The second kappa shape index (κ2) is 14.6. The van der Waals surface area contributed by atoms with Gasteiger partial charge >= 0.3 is 12.6 Å². The Kier molecular flexibility index (Phi) is 11.0. The Hall–Kier alpha value is -2.72. The molecule has 2 atom stereocenters. The maximum atomic E-state index is 13.8. The van der Waals surface area contributed by atoms with Crippen LogP contribution in [0.15, 0.2) is 65.1 Å². The van der Waals surface area contributed by atoms with E-state index < -0.39 is 34.1 Å². The number of carbonyl (C=O) groups excluding carboxylic acids is 1. The summed E-state index contributed by atoms with van der Waals surface area (Å²) in [5, 5.41) is 0.218. The normalized spacial score (nSPS) is 17.5. The number of esters is 1. The Bertz CT molecular complexity index is 1770. The molecule has 1 aliphatic heterocycles. The van der Waals surface area contributed by atoms with Crippen molar-refractivity contribution in [2.24, 2.45) is 5.92 Å². The quantitative estimate of drug-likeness (QED) is 0.145. The predicted octanol–water partition coefficient (Wildman–Crippen LogP) is 6.83. The minimum absolute atomic E-state index is 0. The van der Waals surface area contributed by atoms with Crippen molar-refractivity contribution in [3.63, 3.8) is 0 Å². The molecule has 1 saturated carbocycles. The number of hydrogen-bond acceptors (Lipinski definition) is 9. The number of nitrogens with one attached hydrogen (secondary N) is 1. The number of fused-ring (bicyclic) bond motifs is 1. The molecule has 46 heavy (non-hydrogen) atoms. The zero-order valence-corrected chi connectivity index (χ0v) is 27.9. The largest absolute Gasteiger partial charge is 0.870 e. The van der Waals surface area contributed by atoms with Gasteiger partial charge in [-0.05, 0) is 54.0 Å². The maximum Gasteiger partial charge on any atom is 0.387 e. The van der Waals surface area contributed by atoms with E-state index in [9.17, 15) is 22.0 Å². The molecule has 0 radical (unpaired) electrons. The topological polar surface area (TPSA) is 126 Å². The van der Waals surface area contributed by atoms with Crippen molar-refractivity contribution in [3.8, 4) is 11.5 Å². The first-order chi connectivity index (χ1) is 21.6. The average Bonchev–Trinajstić information content (AvgIpc) is 3.50. The fraction of sp³-hybridized carbons (Fsp3) is 0.333. The van der Waals surface area contributed by atoms with Crippen molar-refractivity contribution in [2.45, 2.75) is 41.6 Å². The fourth-order valence-corrected chi connectivity index (χ4v) is 10.0. The van der Waals surface area contributed by atoms with E-state index >= 15 is 0 Å². The SMILES string of the molecule is O=C(O[C@@H](Cc1c(Cl)c[nH+]cc1Cl)c1ccc(OC(F)F)c(OCC2CC2)c1)[C@@H]1SCCN1S(=O)(=O)c1cc2ccccc2s1.[OH-]. The van der Waals surface area contributed by atoms with E-state index in [1.54, 1.807) is 6.07 Å². The number of benzene rings is 2. The number of ether oxygens (including phenoxy) is 3. The number of thiophene rings is 1. The van der Waals surface area contributed by atoms with Gasteiger partial charge < -0.3 is 19.7 Å². The highest BCUT2D eigenvalue weighted by atomic mass is 35.5. The van der Waals surface area contributed by atoms with Gasteiger partial charge in [0.15, 0.2) is 29.3 Å². The first kappa shape index (κ1) is 34.6. The molecule has 2 aromatic heterocycles. The first-order valence-electron chi connectivity index (χ1n) is 14.0. The number of carbonyl (C=O) groups is 1. The van der Waals surface area contributed by atoms with Gasteiger partial charge in [0.1, 0.15) is 20.4 Å². The molecule has 0 bridgehead atoms. The number of sulfonamides is 1. The van der Waals surface area contributed by atoms with E-state index in [2.05, 4.69) is 9.72 Å². The molecule has 3 heterocycles. The fourth-order valence-electron chi connectivity index (χ4n) is 4.89. The Labute approximate surface area is 282 Å². The third kappa shape index (κ3) is 7.70. The number of rotatable bonds is 12. The molecule has 1 saturated heterocycles. The lowest BCUT2D eigenvalue weighted by Crippen LogP contribution is -2.40. The summed E-state index contributed by atoms with van der Waals surface area (Å²) in [6.45, 7) is -2.63. The summed E-state index contributed by atoms with van der Waals surface area (Å²) in [4.78, 5) is 16.6. The average molecular weight is 734 g/mol. The Morgan fingerprint density at radius 3 is 2.50 bits per heavy atom. The lowest BCUT2D eigenvalue weighted by atomic mass is 10.0. The van der Waals surface area contributed by atoms with E-state index in [0.717, 1.165) is 50.3 Å². The summed E-state index contributed by atoms with van der Waals surface area (Å²) in [7, 11) is -4.02. The molecule has 2 fully saturated rings. The van der Waals surface area contributed by atoms with E-state index in [1.165, 1.54) is 30.6 Å². The molecule has 2 N–H and O–H groups in total. The molecule has 16 heteroatoms. The molecule has 0 amide bonds.